The number of piperidine rings is 1. The van der Waals surface area contributed by atoms with Crippen LogP contribution in [0.15, 0.2) is 42.5 Å². The summed E-state index contributed by atoms with van der Waals surface area (Å²) in [5.41, 5.74) is 2.87. The molecule has 1 aromatic heterocycles. The predicted octanol–water partition coefficient (Wildman–Crippen LogP) is 4.01. The number of benzene rings is 1. The molecule has 2 N–H and O–H groups in total. The van der Waals surface area contributed by atoms with Gasteiger partial charge in [-0.1, -0.05) is 6.07 Å². The second-order valence-corrected chi connectivity index (χ2v) is 11.1. The Morgan fingerprint density at radius 2 is 1.76 bits per heavy atom. The Morgan fingerprint density at radius 3 is 2.41 bits per heavy atom. The first-order chi connectivity index (χ1) is 16.5. The average Bonchev–Trinajstić information content (AvgIpc) is 2.85. The van der Waals surface area contributed by atoms with Crippen LogP contribution in [0, 0.1) is 29.1 Å². The number of hydrogen-bond acceptors (Lipinski definition) is 5. The number of amides is 1. The zero-order valence-electron chi connectivity index (χ0n) is 19.5. The van der Waals surface area contributed by atoms with E-state index in [2.05, 4.69) is 22.4 Å². The molecule has 1 amide bonds. The lowest BCUT2D eigenvalue weighted by atomic mass is 9.52. The number of nitrogens with zero attached hydrogens (tertiary/aromatic N) is 3. The van der Waals surface area contributed by atoms with Crippen LogP contribution in [0.4, 0.5) is 5.69 Å². The Labute approximate surface area is 201 Å². The lowest BCUT2D eigenvalue weighted by Gasteiger charge is -2.58. The third-order valence-electron chi connectivity index (χ3n) is 8.82. The van der Waals surface area contributed by atoms with Crippen LogP contribution in [-0.4, -0.2) is 40.7 Å². The Kier molecular flexibility index (Phi) is 5.33. The highest BCUT2D eigenvalue weighted by atomic mass is 16.3. The largest absolute Gasteiger partial charge is 0.390 e. The van der Waals surface area contributed by atoms with E-state index in [0.717, 1.165) is 69.4 Å². The van der Waals surface area contributed by atoms with Crippen molar-refractivity contribution in [1.82, 2.24) is 10.3 Å². The van der Waals surface area contributed by atoms with Crippen molar-refractivity contribution in [2.75, 3.05) is 18.0 Å². The molecule has 176 valence electrons. The molecule has 7 rings (SSSR count). The van der Waals surface area contributed by atoms with E-state index >= 15 is 0 Å². The van der Waals surface area contributed by atoms with E-state index in [1.807, 2.05) is 36.4 Å². The maximum absolute atomic E-state index is 13.2. The fourth-order valence-electron chi connectivity index (χ4n) is 7.43. The van der Waals surface area contributed by atoms with Crippen molar-refractivity contribution in [2.45, 2.75) is 62.5 Å². The highest BCUT2D eigenvalue weighted by Crippen LogP contribution is 2.55. The van der Waals surface area contributed by atoms with Gasteiger partial charge >= 0.3 is 0 Å². The van der Waals surface area contributed by atoms with E-state index in [9.17, 15) is 9.90 Å². The van der Waals surface area contributed by atoms with Crippen LogP contribution in [0.5, 0.6) is 0 Å². The smallest absolute Gasteiger partial charge is 0.270 e. The molecule has 0 spiro atoms. The van der Waals surface area contributed by atoms with Crippen LogP contribution in [0.1, 0.15) is 72.6 Å². The number of pyridine rings is 1. The molecular formula is C28H32N4O2. The molecule has 1 aliphatic heterocycles. The van der Waals surface area contributed by atoms with E-state index in [4.69, 9.17) is 10.2 Å². The molecule has 6 nitrogen and oxygen atoms in total. The highest BCUT2D eigenvalue weighted by molar-refractivity contribution is 5.92. The highest BCUT2D eigenvalue weighted by Gasteiger charge is 2.55. The minimum Gasteiger partial charge on any atom is -0.390 e. The number of carbonyl (C=O) groups excluding carboxylic acids is 1. The summed E-state index contributed by atoms with van der Waals surface area (Å²) in [5, 5.41) is 23.2. The van der Waals surface area contributed by atoms with Crippen molar-refractivity contribution >= 4 is 11.6 Å². The number of aliphatic hydroxyl groups is 1. The van der Waals surface area contributed by atoms with Gasteiger partial charge in [-0.15, -0.1) is 0 Å². The summed E-state index contributed by atoms with van der Waals surface area (Å²) in [6.07, 6.45) is 6.86. The molecule has 4 aliphatic carbocycles. The van der Waals surface area contributed by atoms with Crippen molar-refractivity contribution in [2.24, 2.45) is 17.8 Å². The minimum absolute atomic E-state index is 0.0682. The van der Waals surface area contributed by atoms with Crippen molar-refractivity contribution in [3.05, 3.63) is 59.4 Å². The molecule has 0 radical (unpaired) electrons. The summed E-state index contributed by atoms with van der Waals surface area (Å²) in [6.45, 7) is 1.87. The van der Waals surface area contributed by atoms with Crippen molar-refractivity contribution in [3.63, 3.8) is 0 Å². The van der Waals surface area contributed by atoms with E-state index in [1.165, 1.54) is 0 Å². The lowest BCUT2D eigenvalue weighted by molar-refractivity contribution is -0.136. The van der Waals surface area contributed by atoms with Gasteiger partial charge in [-0.3, -0.25) is 4.79 Å². The monoisotopic (exact) mass is 456 g/mol. The number of carbonyl (C=O) groups is 1. The van der Waals surface area contributed by atoms with Gasteiger partial charge in [0, 0.05) is 36.4 Å². The molecule has 34 heavy (non-hydrogen) atoms. The summed E-state index contributed by atoms with van der Waals surface area (Å²) < 4.78 is 0. The first kappa shape index (κ1) is 21.6. The third-order valence-corrected chi connectivity index (χ3v) is 8.82. The normalized spacial score (nSPS) is 32.4. The van der Waals surface area contributed by atoms with Gasteiger partial charge in [-0.25, -0.2) is 4.98 Å². The van der Waals surface area contributed by atoms with E-state index in [-0.39, 0.29) is 11.9 Å². The third kappa shape index (κ3) is 3.96. The molecule has 6 heteroatoms. The minimum atomic E-state index is -0.484. The number of rotatable bonds is 4. The quantitative estimate of drug-likeness (QED) is 0.726. The number of hydrogen-bond donors (Lipinski definition) is 2. The summed E-state index contributed by atoms with van der Waals surface area (Å²) in [5.74, 6) is 1.70. The molecular weight excluding hydrogens is 424 g/mol. The van der Waals surface area contributed by atoms with E-state index < -0.39 is 5.60 Å². The fourth-order valence-corrected chi connectivity index (χ4v) is 7.43. The van der Waals surface area contributed by atoms with Gasteiger partial charge in [-0.05, 0) is 99.1 Å². The predicted molar refractivity (Wildman–Crippen MR) is 129 cm³/mol. The number of nitriles is 1. The standard InChI is InChI=1S/C28H32N4O2/c29-17-18-4-6-23(7-5-18)32-10-8-20(9-11-32)24-2-1-3-25(30-24)27(33)31-26-21-12-19-13-22(26)16-28(34,14-19)15-21/h1-7,19-22,26,34H,8-16H2,(H,31,33)/t19?,21?,22?,26-,28-. The zero-order valence-corrected chi connectivity index (χ0v) is 19.5. The number of anilines is 1. The first-order valence-electron chi connectivity index (χ1n) is 12.7. The Morgan fingerprint density at radius 1 is 1.06 bits per heavy atom. The Balaban J connectivity index is 1.09. The van der Waals surface area contributed by atoms with Crippen molar-refractivity contribution in [3.8, 4) is 6.07 Å². The fraction of sp³-hybridized carbons (Fsp3) is 0.536. The summed E-state index contributed by atoms with van der Waals surface area (Å²) in [4.78, 5) is 20.3. The topological polar surface area (TPSA) is 89.2 Å². The maximum atomic E-state index is 13.2. The van der Waals surface area contributed by atoms with Gasteiger partial charge in [0.05, 0.1) is 17.2 Å². The molecule has 2 atom stereocenters. The van der Waals surface area contributed by atoms with Gasteiger partial charge in [0.15, 0.2) is 0 Å². The second-order valence-electron chi connectivity index (χ2n) is 11.1. The molecule has 4 saturated carbocycles. The first-order valence-corrected chi connectivity index (χ1v) is 12.7. The van der Waals surface area contributed by atoms with Crippen LogP contribution >= 0.6 is 0 Å². The maximum Gasteiger partial charge on any atom is 0.270 e. The van der Waals surface area contributed by atoms with Gasteiger partial charge in [0.25, 0.3) is 5.91 Å². The molecule has 1 saturated heterocycles. The average molecular weight is 457 g/mol. The van der Waals surface area contributed by atoms with Crippen LogP contribution < -0.4 is 10.2 Å². The molecule has 1 aromatic carbocycles. The van der Waals surface area contributed by atoms with Crippen molar-refractivity contribution in [1.29, 1.82) is 5.26 Å². The van der Waals surface area contributed by atoms with E-state index in [1.54, 1.807) is 0 Å². The van der Waals surface area contributed by atoms with Crippen LogP contribution in [0.2, 0.25) is 0 Å². The molecule has 5 aliphatic rings. The summed E-state index contributed by atoms with van der Waals surface area (Å²) >= 11 is 0. The molecule has 2 unspecified atom stereocenters. The summed E-state index contributed by atoms with van der Waals surface area (Å²) in [6, 6.07) is 16.0. The molecule has 2 aromatic rings. The SMILES string of the molecule is N#Cc1ccc(N2CCC(c3cccc(C(=O)N[C@H]4C5CC6CC4C[C@](O)(C6)C5)n3)CC2)cc1. The Bertz CT molecular complexity index is 1100. The number of nitrogens with one attached hydrogen (secondary N) is 1. The van der Waals surface area contributed by atoms with E-state index in [0.29, 0.717) is 34.9 Å². The molecule has 4 bridgehead atoms. The molecule has 5 fully saturated rings. The van der Waals surface area contributed by atoms with Crippen molar-refractivity contribution < 1.29 is 9.90 Å². The Hall–Kier alpha value is -2.91. The molecule has 2 heterocycles. The van der Waals surface area contributed by atoms with Gasteiger partial charge in [-0.2, -0.15) is 5.26 Å². The van der Waals surface area contributed by atoms with Gasteiger partial charge in [0.2, 0.25) is 0 Å². The van der Waals surface area contributed by atoms with Gasteiger partial charge in [0.1, 0.15) is 5.69 Å². The number of aromatic nitrogens is 1. The lowest BCUT2D eigenvalue weighted by Crippen LogP contribution is -2.61. The van der Waals surface area contributed by atoms with Crippen LogP contribution in [0.25, 0.3) is 0 Å². The second kappa shape index (κ2) is 8.39. The van der Waals surface area contributed by atoms with Crippen LogP contribution in [0.3, 0.4) is 0 Å². The summed E-state index contributed by atoms with van der Waals surface area (Å²) in [7, 11) is 0. The van der Waals surface area contributed by atoms with Crippen LogP contribution in [-0.2, 0) is 0 Å². The zero-order chi connectivity index (χ0) is 23.3. The van der Waals surface area contributed by atoms with Gasteiger partial charge < -0.3 is 15.3 Å².